The number of halogens is 2. The summed E-state index contributed by atoms with van der Waals surface area (Å²) in [6.07, 6.45) is 1.00. The number of benzene rings is 1. The van der Waals surface area contributed by atoms with Crippen LogP contribution in [0.3, 0.4) is 0 Å². The number of aliphatic hydroxyl groups is 1. The first-order chi connectivity index (χ1) is 8.00. The Morgan fingerprint density at radius 1 is 1.35 bits per heavy atom. The van der Waals surface area contributed by atoms with E-state index in [4.69, 9.17) is 0 Å². The first kappa shape index (κ1) is 12.8. The van der Waals surface area contributed by atoms with Crippen molar-refractivity contribution in [3.05, 3.63) is 50.2 Å². The fraction of sp³-hybridized carbons (Fsp3) is 0.250. The topological polar surface area (TPSA) is 38.1 Å². The number of aromatic nitrogens is 2. The molecule has 1 N–H and O–H groups in total. The van der Waals surface area contributed by atoms with E-state index < -0.39 is 6.10 Å². The third kappa shape index (κ3) is 2.46. The van der Waals surface area contributed by atoms with Crippen LogP contribution in [0.1, 0.15) is 22.9 Å². The van der Waals surface area contributed by atoms with Gasteiger partial charge in [-0.2, -0.15) is 5.10 Å². The van der Waals surface area contributed by atoms with Gasteiger partial charge in [0.2, 0.25) is 0 Å². The van der Waals surface area contributed by atoms with Gasteiger partial charge in [0.05, 0.1) is 16.4 Å². The molecule has 1 heterocycles. The van der Waals surface area contributed by atoms with Crippen molar-refractivity contribution in [1.29, 1.82) is 0 Å². The number of rotatable bonds is 2. The molecule has 5 heteroatoms. The Kier molecular flexibility index (Phi) is 3.70. The summed E-state index contributed by atoms with van der Waals surface area (Å²) in [7, 11) is 1.82. The van der Waals surface area contributed by atoms with Crippen molar-refractivity contribution in [3.63, 3.8) is 0 Å². The SMILES string of the molecule is Cc1ccc(Br)cc1C(O)c1c(Br)cnn1C. The number of aryl methyl sites for hydroxylation is 2. The average Bonchev–Trinajstić information content (AvgIpc) is 2.61. The summed E-state index contributed by atoms with van der Waals surface area (Å²) in [6, 6.07) is 5.87. The Morgan fingerprint density at radius 3 is 2.65 bits per heavy atom. The van der Waals surface area contributed by atoms with E-state index in [1.165, 1.54) is 0 Å². The molecule has 0 bridgehead atoms. The van der Waals surface area contributed by atoms with Crippen molar-refractivity contribution in [1.82, 2.24) is 9.78 Å². The summed E-state index contributed by atoms with van der Waals surface area (Å²) in [4.78, 5) is 0. The smallest absolute Gasteiger partial charge is 0.122 e. The molecule has 0 aliphatic heterocycles. The highest BCUT2D eigenvalue weighted by atomic mass is 79.9. The van der Waals surface area contributed by atoms with Crippen LogP contribution in [-0.4, -0.2) is 14.9 Å². The molecule has 90 valence electrons. The van der Waals surface area contributed by atoms with Crippen LogP contribution in [0.2, 0.25) is 0 Å². The number of hydrogen-bond donors (Lipinski definition) is 1. The van der Waals surface area contributed by atoms with Crippen molar-refractivity contribution in [2.24, 2.45) is 7.05 Å². The summed E-state index contributed by atoms with van der Waals surface area (Å²) in [5, 5.41) is 14.5. The van der Waals surface area contributed by atoms with Crippen molar-refractivity contribution in [2.45, 2.75) is 13.0 Å². The van der Waals surface area contributed by atoms with Gasteiger partial charge in [-0.25, -0.2) is 0 Å². The lowest BCUT2D eigenvalue weighted by Gasteiger charge is -2.15. The van der Waals surface area contributed by atoms with E-state index in [9.17, 15) is 5.11 Å². The summed E-state index contributed by atoms with van der Waals surface area (Å²) in [5.74, 6) is 0. The van der Waals surface area contributed by atoms with Crippen LogP contribution in [0.5, 0.6) is 0 Å². The van der Waals surface area contributed by atoms with Gasteiger partial charge in [0.25, 0.3) is 0 Å². The van der Waals surface area contributed by atoms with E-state index in [-0.39, 0.29) is 0 Å². The molecule has 3 nitrogen and oxygen atoms in total. The van der Waals surface area contributed by atoms with Crippen LogP contribution >= 0.6 is 31.9 Å². The molecule has 0 radical (unpaired) electrons. The molecule has 1 aromatic heterocycles. The maximum Gasteiger partial charge on any atom is 0.122 e. The van der Waals surface area contributed by atoms with Crippen LogP contribution in [0, 0.1) is 6.92 Å². The zero-order valence-electron chi connectivity index (χ0n) is 9.48. The second kappa shape index (κ2) is 4.92. The van der Waals surface area contributed by atoms with E-state index in [0.29, 0.717) is 0 Å². The van der Waals surface area contributed by atoms with Crippen LogP contribution in [0.4, 0.5) is 0 Å². The summed E-state index contributed by atoms with van der Waals surface area (Å²) >= 11 is 6.82. The molecule has 0 saturated heterocycles. The standard InChI is InChI=1S/C12H12Br2N2O/c1-7-3-4-8(13)5-9(7)12(17)11-10(14)6-15-16(11)2/h3-6,12,17H,1-2H3. The lowest BCUT2D eigenvalue weighted by molar-refractivity contribution is 0.208. The van der Waals surface area contributed by atoms with Gasteiger partial charge in [0.15, 0.2) is 0 Å². The fourth-order valence-corrected chi connectivity index (χ4v) is 2.72. The second-order valence-corrected chi connectivity index (χ2v) is 5.67. The Bertz CT molecular complexity index is 532. The van der Waals surface area contributed by atoms with Crippen molar-refractivity contribution >= 4 is 31.9 Å². The monoisotopic (exact) mass is 358 g/mol. The quantitative estimate of drug-likeness (QED) is 0.892. The first-order valence-electron chi connectivity index (χ1n) is 5.12. The van der Waals surface area contributed by atoms with Crippen LogP contribution in [0.25, 0.3) is 0 Å². The van der Waals surface area contributed by atoms with Crippen molar-refractivity contribution < 1.29 is 5.11 Å². The predicted molar refractivity (Wildman–Crippen MR) is 73.8 cm³/mol. The minimum atomic E-state index is -0.686. The predicted octanol–water partition coefficient (Wildman–Crippen LogP) is 3.34. The Labute approximate surface area is 117 Å². The number of aliphatic hydroxyl groups excluding tert-OH is 1. The molecule has 2 aromatic rings. The van der Waals surface area contributed by atoms with Gasteiger partial charge >= 0.3 is 0 Å². The Morgan fingerprint density at radius 2 is 2.06 bits per heavy atom. The van der Waals surface area contributed by atoms with Gasteiger partial charge in [0.1, 0.15) is 6.10 Å². The molecule has 0 amide bonds. The minimum absolute atomic E-state index is 0.686. The largest absolute Gasteiger partial charge is 0.382 e. The van der Waals surface area contributed by atoms with E-state index in [2.05, 4.69) is 37.0 Å². The highest BCUT2D eigenvalue weighted by molar-refractivity contribution is 9.10. The molecule has 0 spiro atoms. The third-order valence-electron chi connectivity index (χ3n) is 2.73. The van der Waals surface area contributed by atoms with E-state index in [1.54, 1.807) is 10.9 Å². The third-order valence-corrected chi connectivity index (χ3v) is 3.84. The maximum atomic E-state index is 10.4. The Hall–Kier alpha value is -0.650. The molecule has 1 atom stereocenters. The van der Waals surface area contributed by atoms with Gasteiger partial charge in [-0.05, 0) is 46.1 Å². The summed E-state index contributed by atoms with van der Waals surface area (Å²) in [5.41, 5.74) is 2.68. The summed E-state index contributed by atoms with van der Waals surface area (Å²) in [6.45, 7) is 1.98. The summed E-state index contributed by atoms with van der Waals surface area (Å²) < 4.78 is 3.44. The van der Waals surface area contributed by atoms with Crippen LogP contribution in [0.15, 0.2) is 33.3 Å². The molecule has 2 rings (SSSR count). The molecular formula is C12H12Br2N2O. The van der Waals surface area contributed by atoms with Crippen LogP contribution in [-0.2, 0) is 7.05 Å². The maximum absolute atomic E-state index is 10.4. The highest BCUT2D eigenvalue weighted by Gasteiger charge is 2.19. The minimum Gasteiger partial charge on any atom is -0.382 e. The first-order valence-corrected chi connectivity index (χ1v) is 6.71. The molecule has 1 aromatic carbocycles. The average molecular weight is 360 g/mol. The lowest BCUT2D eigenvalue weighted by atomic mass is 10.0. The van der Waals surface area contributed by atoms with Crippen LogP contribution < -0.4 is 0 Å². The molecule has 0 saturated carbocycles. The van der Waals surface area contributed by atoms with E-state index >= 15 is 0 Å². The normalized spacial score (nSPS) is 12.8. The van der Waals surface area contributed by atoms with E-state index in [0.717, 1.165) is 25.8 Å². The van der Waals surface area contributed by atoms with Gasteiger partial charge < -0.3 is 5.11 Å². The van der Waals surface area contributed by atoms with Crippen molar-refractivity contribution in [2.75, 3.05) is 0 Å². The van der Waals surface area contributed by atoms with Crippen molar-refractivity contribution in [3.8, 4) is 0 Å². The molecule has 17 heavy (non-hydrogen) atoms. The van der Waals surface area contributed by atoms with Gasteiger partial charge in [-0.1, -0.05) is 22.0 Å². The molecular weight excluding hydrogens is 348 g/mol. The lowest BCUT2D eigenvalue weighted by Crippen LogP contribution is -2.08. The highest BCUT2D eigenvalue weighted by Crippen LogP contribution is 2.31. The fourth-order valence-electron chi connectivity index (χ4n) is 1.78. The van der Waals surface area contributed by atoms with Gasteiger partial charge in [-0.15, -0.1) is 0 Å². The second-order valence-electron chi connectivity index (χ2n) is 3.90. The zero-order chi connectivity index (χ0) is 12.6. The molecule has 0 fully saturated rings. The van der Waals surface area contributed by atoms with Gasteiger partial charge in [-0.3, -0.25) is 4.68 Å². The molecule has 0 aliphatic carbocycles. The number of hydrogen-bond acceptors (Lipinski definition) is 2. The van der Waals surface area contributed by atoms with Gasteiger partial charge in [0, 0.05) is 11.5 Å². The molecule has 1 unspecified atom stereocenters. The van der Waals surface area contributed by atoms with E-state index in [1.807, 2.05) is 32.2 Å². The Balaban J connectivity index is 2.50. The molecule has 0 aliphatic rings. The number of nitrogens with zero attached hydrogens (tertiary/aromatic N) is 2. The zero-order valence-corrected chi connectivity index (χ0v) is 12.7.